The lowest BCUT2D eigenvalue weighted by atomic mass is 10.1. The van der Waals surface area contributed by atoms with Gasteiger partial charge in [0.15, 0.2) is 0 Å². The molecule has 0 aromatic heterocycles. The Morgan fingerprint density at radius 3 is 2.33 bits per heavy atom. The largest absolute Gasteiger partial charge is 0.443 e. The molecule has 5 heteroatoms. The van der Waals surface area contributed by atoms with Crippen LogP contribution in [0.3, 0.4) is 0 Å². The van der Waals surface area contributed by atoms with Crippen LogP contribution in [0.1, 0.15) is 46.5 Å². The van der Waals surface area contributed by atoms with E-state index in [-0.39, 0.29) is 6.09 Å². The lowest BCUT2D eigenvalue weighted by Crippen LogP contribution is -2.37. The van der Waals surface area contributed by atoms with E-state index >= 15 is 0 Å². The number of halogens is 1. The first-order valence-electron chi connectivity index (χ1n) is 8.82. The molecule has 0 atom stereocenters. The second-order valence-corrected chi connectivity index (χ2v) is 7.62. The number of piperidine rings is 1. The molecule has 0 N–H and O–H groups in total. The molecule has 1 aliphatic heterocycles. The third kappa shape index (κ3) is 5.59. The Balaban J connectivity index is 2.11. The molecule has 4 nitrogen and oxygen atoms in total. The number of nitrogens with zero attached hydrogens (tertiary/aromatic N) is 2. The Labute approximate surface area is 150 Å². The summed E-state index contributed by atoms with van der Waals surface area (Å²) in [5, 5.41) is 0. The van der Waals surface area contributed by atoms with Crippen molar-refractivity contribution in [1.82, 2.24) is 0 Å². The van der Waals surface area contributed by atoms with E-state index in [1.165, 1.54) is 24.9 Å². The van der Waals surface area contributed by atoms with Crippen molar-refractivity contribution < 1.29 is 9.53 Å². The summed E-state index contributed by atoms with van der Waals surface area (Å²) in [5.74, 6) is 0.519. The van der Waals surface area contributed by atoms with Gasteiger partial charge in [0.1, 0.15) is 5.60 Å². The van der Waals surface area contributed by atoms with Crippen molar-refractivity contribution in [3.05, 3.63) is 24.3 Å². The van der Waals surface area contributed by atoms with Crippen LogP contribution >= 0.6 is 11.6 Å². The molecule has 1 amide bonds. The van der Waals surface area contributed by atoms with Gasteiger partial charge in [-0.05, 0) is 70.7 Å². The van der Waals surface area contributed by atoms with E-state index in [1.54, 1.807) is 4.90 Å². The quantitative estimate of drug-likeness (QED) is 0.695. The third-order valence-electron chi connectivity index (χ3n) is 4.01. The highest BCUT2D eigenvalue weighted by atomic mass is 35.5. The summed E-state index contributed by atoms with van der Waals surface area (Å²) in [5.41, 5.74) is 1.57. The zero-order chi connectivity index (χ0) is 17.6. The van der Waals surface area contributed by atoms with Crippen LogP contribution in [-0.4, -0.2) is 37.2 Å². The Bertz CT molecular complexity index is 519. The average Bonchev–Trinajstić information content (AvgIpc) is 2.55. The Morgan fingerprint density at radius 1 is 1.17 bits per heavy atom. The molecule has 0 unspecified atom stereocenters. The summed E-state index contributed by atoms with van der Waals surface area (Å²) in [7, 11) is 0. The van der Waals surface area contributed by atoms with Crippen LogP contribution in [0.5, 0.6) is 0 Å². The molecule has 1 aromatic rings. The molecule has 0 radical (unpaired) electrons. The monoisotopic (exact) mass is 352 g/mol. The van der Waals surface area contributed by atoms with Crippen molar-refractivity contribution in [3.63, 3.8) is 0 Å². The van der Waals surface area contributed by atoms with Crippen LogP contribution in [0, 0.1) is 0 Å². The molecule has 24 heavy (non-hydrogen) atoms. The van der Waals surface area contributed by atoms with Gasteiger partial charge >= 0.3 is 6.09 Å². The van der Waals surface area contributed by atoms with Crippen molar-refractivity contribution in [2.45, 2.75) is 52.1 Å². The van der Waals surface area contributed by atoms with E-state index in [9.17, 15) is 4.79 Å². The molecule has 1 aromatic carbocycles. The molecule has 134 valence electrons. The van der Waals surface area contributed by atoms with Gasteiger partial charge in [0.05, 0.1) is 0 Å². The summed E-state index contributed by atoms with van der Waals surface area (Å²) in [6, 6.07) is 8.20. The SMILES string of the molecule is CC(C)(C)OC(=O)N(CCCCl)c1ccc(N2CCCCC2)cc1. The number of ether oxygens (including phenoxy) is 1. The maximum Gasteiger partial charge on any atom is 0.414 e. The molecule has 1 fully saturated rings. The molecular weight excluding hydrogens is 324 g/mol. The van der Waals surface area contributed by atoms with Gasteiger partial charge in [-0.25, -0.2) is 4.79 Å². The maximum atomic E-state index is 12.5. The topological polar surface area (TPSA) is 32.8 Å². The minimum atomic E-state index is -0.510. The highest BCUT2D eigenvalue weighted by molar-refractivity contribution is 6.17. The number of alkyl halides is 1. The van der Waals surface area contributed by atoms with E-state index in [2.05, 4.69) is 17.0 Å². The fourth-order valence-electron chi connectivity index (χ4n) is 2.86. The van der Waals surface area contributed by atoms with E-state index < -0.39 is 5.60 Å². The second kappa shape index (κ2) is 8.61. The molecule has 1 saturated heterocycles. The fraction of sp³-hybridized carbons (Fsp3) is 0.632. The van der Waals surface area contributed by atoms with Crippen LogP contribution < -0.4 is 9.80 Å². The summed E-state index contributed by atoms with van der Waals surface area (Å²) in [6.07, 6.45) is 4.23. The summed E-state index contributed by atoms with van der Waals surface area (Å²) in [4.78, 5) is 16.6. The summed E-state index contributed by atoms with van der Waals surface area (Å²) >= 11 is 5.81. The molecule has 2 rings (SSSR count). The molecular formula is C19H29ClN2O2. The lowest BCUT2D eigenvalue weighted by molar-refractivity contribution is 0.0580. The molecule has 0 aliphatic carbocycles. The zero-order valence-corrected chi connectivity index (χ0v) is 15.8. The van der Waals surface area contributed by atoms with Crippen molar-refractivity contribution in [1.29, 1.82) is 0 Å². The number of hydrogen-bond donors (Lipinski definition) is 0. The lowest BCUT2D eigenvalue weighted by Gasteiger charge is -2.30. The van der Waals surface area contributed by atoms with Crippen LogP contribution in [-0.2, 0) is 4.74 Å². The van der Waals surface area contributed by atoms with Crippen LogP contribution in [0.25, 0.3) is 0 Å². The molecule has 0 saturated carbocycles. The van der Waals surface area contributed by atoms with Crippen molar-refractivity contribution in [3.8, 4) is 0 Å². The van der Waals surface area contributed by atoms with Gasteiger partial charge in [0.2, 0.25) is 0 Å². The van der Waals surface area contributed by atoms with Crippen LogP contribution in [0.4, 0.5) is 16.2 Å². The smallest absolute Gasteiger partial charge is 0.414 e. The van der Waals surface area contributed by atoms with E-state index in [4.69, 9.17) is 16.3 Å². The van der Waals surface area contributed by atoms with E-state index in [0.717, 1.165) is 25.2 Å². The first-order valence-corrected chi connectivity index (χ1v) is 9.36. The number of anilines is 2. The Morgan fingerprint density at radius 2 is 1.79 bits per heavy atom. The number of hydrogen-bond acceptors (Lipinski definition) is 3. The minimum Gasteiger partial charge on any atom is -0.443 e. The normalized spacial score (nSPS) is 15.2. The number of carbonyl (C=O) groups is 1. The van der Waals surface area contributed by atoms with Crippen molar-refractivity contribution >= 4 is 29.1 Å². The number of rotatable bonds is 5. The first-order chi connectivity index (χ1) is 11.4. The summed E-state index contributed by atoms with van der Waals surface area (Å²) < 4.78 is 5.53. The maximum absolute atomic E-state index is 12.5. The van der Waals surface area contributed by atoms with E-state index in [0.29, 0.717) is 12.4 Å². The predicted molar refractivity (Wildman–Crippen MR) is 101 cm³/mol. The highest BCUT2D eigenvalue weighted by Gasteiger charge is 2.23. The minimum absolute atomic E-state index is 0.321. The van der Waals surface area contributed by atoms with Gasteiger partial charge in [-0.2, -0.15) is 0 Å². The van der Waals surface area contributed by atoms with Crippen LogP contribution in [0.2, 0.25) is 0 Å². The number of benzene rings is 1. The Hall–Kier alpha value is -1.42. The number of amides is 1. The fourth-order valence-corrected chi connectivity index (χ4v) is 2.98. The van der Waals surface area contributed by atoms with Crippen molar-refractivity contribution in [2.24, 2.45) is 0 Å². The average molecular weight is 353 g/mol. The molecule has 0 bridgehead atoms. The van der Waals surface area contributed by atoms with Crippen molar-refractivity contribution in [2.75, 3.05) is 35.3 Å². The van der Waals surface area contributed by atoms with E-state index in [1.807, 2.05) is 32.9 Å². The van der Waals surface area contributed by atoms with Gasteiger partial charge in [-0.15, -0.1) is 11.6 Å². The predicted octanol–water partition coefficient (Wildman–Crippen LogP) is 5.05. The first kappa shape index (κ1) is 18.9. The number of carbonyl (C=O) groups excluding carboxylic acids is 1. The standard InChI is InChI=1S/C19H29ClN2O2/c1-19(2,3)24-18(23)22(15-7-12-20)17-10-8-16(9-11-17)21-13-5-4-6-14-21/h8-11H,4-7,12-15H2,1-3H3. The highest BCUT2D eigenvalue weighted by Crippen LogP contribution is 2.25. The van der Waals surface area contributed by atoms with Gasteiger partial charge in [0.25, 0.3) is 0 Å². The molecule has 0 spiro atoms. The third-order valence-corrected chi connectivity index (χ3v) is 4.28. The van der Waals surface area contributed by atoms with Gasteiger partial charge < -0.3 is 9.64 Å². The van der Waals surface area contributed by atoms with Gasteiger partial charge in [-0.1, -0.05) is 0 Å². The second-order valence-electron chi connectivity index (χ2n) is 7.24. The summed E-state index contributed by atoms with van der Waals surface area (Å²) in [6.45, 7) is 8.42. The van der Waals surface area contributed by atoms with Crippen LogP contribution in [0.15, 0.2) is 24.3 Å². The molecule has 1 aliphatic rings. The van der Waals surface area contributed by atoms with Gasteiger partial charge in [0, 0.05) is 36.9 Å². The van der Waals surface area contributed by atoms with Gasteiger partial charge in [-0.3, -0.25) is 4.90 Å². The Kier molecular flexibility index (Phi) is 6.79. The molecule has 1 heterocycles. The zero-order valence-electron chi connectivity index (χ0n) is 15.1.